The topological polar surface area (TPSA) is 41.6 Å². The summed E-state index contributed by atoms with van der Waals surface area (Å²) in [6, 6.07) is 0. The van der Waals surface area contributed by atoms with Crippen LogP contribution >= 0.6 is 0 Å². The molecule has 1 heterocycles. The van der Waals surface area contributed by atoms with E-state index < -0.39 is 0 Å². The lowest BCUT2D eigenvalue weighted by Gasteiger charge is -2.32. The van der Waals surface area contributed by atoms with E-state index >= 15 is 0 Å². The minimum atomic E-state index is 0.733. The van der Waals surface area contributed by atoms with Gasteiger partial charge in [-0.25, -0.2) is 0 Å². The zero-order chi connectivity index (χ0) is 9.68. The molecule has 0 aromatic carbocycles. The molecule has 0 aliphatic carbocycles. The van der Waals surface area contributed by atoms with E-state index in [0.717, 1.165) is 31.5 Å². The summed E-state index contributed by atoms with van der Waals surface area (Å²) in [5, 5.41) is 0. The van der Waals surface area contributed by atoms with Crippen LogP contribution in [-0.4, -0.2) is 30.5 Å². The molecule has 1 rings (SSSR count). The summed E-state index contributed by atoms with van der Waals surface area (Å²) in [6.07, 6.45) is 3.85. The first-order chi connectivity index (χ1) is 6.27. The van der Waals surface area contributed by atoms with Crippen LogP contribution in [0.25, 0.3) is 0 Å². The van der Waals surface area contributed by atoms with E-state index in [1.807, 2.05) is 6.92 Å². The van der Waals surface area contributed by atoms with Crippen LogP contribution in [0.2, 0.25) is 0 Å². The maximum Gasteiger partial charge on any atom is 0.191 e. The van der Waals surface area contributed by atoms with Gasteiger partial charge in [0.05, 0.1) is 0 Å². The maximum atomic E-state index is 5.82. The standard InChI is InChI=1S/C10H21N3/c1-3-9-5-7-13(8-6-9)10(11)12-4-2/h9H,3-8H2,1-2H3,(H2,11,12). The Morgan fingerprint density at radius 2 is 2.00 bits per heavy atom. The lowest BCUT2D eigenvalue weighted by molar-refractivity contribution is 0.259. The minimum Gasteiger partial charge on any atom is -0.370 e. The molecule has 0 atom stereocenters. The summed E-state index contributed by atoms with van der Waals surface area (Å²) in [4.78, 5) is 6.42. The van der Waals surface area contributed by atoms with Crippen LogP contribution in [0.3, 0.4) is 0 Å². The molecule has 2 N–H and O–H groups in total. The largest absolute Gasteiger partial charge is 0.370 e. The molecule has 1 aliphatic heterocycles. The Hall–Kier alpha value is -0.730. The third-order valence-corrected chi connectivity index (χ3v) is 2.84. The highest BCUT2D eigenvalue weighted by molar-refractivity contribution is 5.78. The van der Waals surface area contributed by atoms with Gasteiger partial charge in [0.25, 0.3) is 0 Å². The van der Waals surface area contributed by atoms with Crippen LogP contribution in [-0.2, 0) is 0 Å². The van der Waals surface area contributed by atoms with Gasteiger partial charge in [0, 0.05) is 19.6 Å². The van der Waals surface area contributed by atoms with Crippen molar-refractivity contribution in [2.24, 2.45) is 16.6 Å². The van der Waals surface area contributed by atoms with Crippen molar-refractivity contribution in [3.05, 3.63) is 0 Å². The molecular formula is C10H21N3. The number of guanidine groups is 1. The molecule has 0 aromatic heterocycles. The quantitative estimate of drug-likeness (QED) is 0.520. The fraction of sp³-hybridized carbons (Fsp3) is 0.900. The van der Waals surface area contributed by atoms with E-state index in [1.54, 1.807) is 0 Å². The molecule has 0 amide bonds. The van der Waals surface area contributed by atoms with Gasteiger partial charge in [-0.05, 0) is 25.7 Å². The molecule has 1 aliphatic rings. The smallest absolute Gasteiger partial charge is 0.191 e. The van der Waals surface area contributed by atoms with Gasteiger partial charge >= 0.3 is 0 Å². The summed E-state index contributed by atoms with van der Waals surface area (Å²) >= 11 is 0. The van der Waals surface area contributed by atoms with Gasteiger partial charge in [0.15, 0.2) is 5.96 Å². The molecule has 1 saturated heterocycles. The predicted octanol–water partition coefficient (Wildman–Crippen LogP) is 1.44. The van der Waals surface area contributed by atoms with Gasteiger partial charge in [0.1, 0.15) is 0 Å². The predicted molar refractivity (Wildman–Crippen MR) is 56.8 cm³/mol. The zero-order valence-corrected chi connectivity index (χ0v) is 8.79. The van der Waals surface area contributed by atoms with Gasteiger partial charge in [-0.2, -0.15) is 0 Å². The Bertz CT molecular complexity index is 169. The van der Waals surface area contributed by atoms with Crippen LogP contribution in [0.1, 0.15) is 33.1 Å². The van der Waals surface area contributed by atoms with Gasteiger partial charge in [0.2, 0.25) is 0 Å². The highest BCUT2D eigenvalue weighted by Crippen LogP contribution is 2.19. The molecule has 13 heavy (non-hydrogen) atoms. The number of likely N-dealkylation sites (tertiary alicyclic amines) is 1. The highest BCUT2D eigenvalue weighted by Gasteiger charge is 2.18. The molecule has 0 spiro atoms. The highest BCUT2D eigenvalue weighted by atomic mass is 15.2. The summed E-state index contributed by atoms with van der Waals surface area (Å²) < 4.78 is 0. The normalized spacial score (nSPS) is 20.8. The zero-order valence-electron chi connectivity index (χ0n) is 8.79. The molecule has 3 nitrogen and oxygen atoms in total. The van der Waals surface area contributed by atoms with E-state index in [1.165, 1.54) is 19.3 Å². The van der Waals surface area contributed by atoms with Crippen LogP contribution in [0.15, 0.2) is 4.99 Å². The van der Waals surface area contributed by atoms with Crippen LogP contribution < -0.4 is 5.73 Å². The number of piperidine rings is 1. The van der Waals surface area contributed by atoms with Crippen LogP contribution in [0.5, 0.6) is 0 Å². The average Bonchev–Trinajstić information content (AvgIpc) is 2.18. The fourth-order valence-electron chi connectivity index (χ4n) is 1.83. The molecule has 1 fully saturated rings. The van der Waals surface area contributed by atoms with Crippen molar-refractivity contribution >= 4 is 5.96 Å². The number of aliphatic imine (C=N–C) groups is 1. The second kappa shape index (κ2) is 5.10. The Labute approximate surface area is 81.0 Å². The first-order valence-corrected chi connectivity index (χ1v) is 5.32. The molecule has 0 bridgehead atoms. The van der Waals surface area contributed by atoms with Gasteiger partial charge in [-0.3, -0.25) is 4.99 Å². The van der Waals surface area contributed by atoms with Crippen molar-refractivity contribution in [1.29, 1.82) is 0 Å². The van der Waals surface area contributed by atoms with Gasteiger partial charge in [-0.1, -0.05) is 13.3 Å². The number of hydrogen-bond acceptors (Lipinski definition) is 1. The summed E-state index contributed by atoms with van der Waals surface area (Å²) in [7, 11) is 0. The van der Waals surface area contributed by atoms with E-state index in [9.17, 15) is 0 Å². The molecule has 0 radical (unpaired) electrons. The minimum absolute atomic E-state index is 0.733. The monoisotopic (exact) mass is 183 g/mol. The molecule has 76 valence electrons. The van der Waals surface area contributed by atoms with Crippen molar-refractivity contribution < 1.29 is 0 Å². The lowest BCUT2D eigenvalue weighted by atomic mass is 9.95. The number of hydrogen-bond donors (Lipinski definition) is 1. The fourth-order valence-corrected chi connectivity index (χ4v) is 1.83. The maximum absolute atomic E-state index is 5.82. The van der Waals surface area contributed by atoms with Crippen LogP contribution in [0.4, 0.5) is 0 Å². The molecule has 0 unspecified atom stereocenters. The summed E-state index contributed by atoms with van der Waals surface area (Å²) in [5.41, 5.74) is 5.82. The average molecular weight is 183 g/mol. The number of rotatable bonds is 2. The Balaban J connectivity index is 2.36. The Morgan fingerprint density at radius 1 is 1.38 bits per heavy atom. The van der Waals surface area contributed by atoms with Crippen molar-refractivity contribution in [2.75, 3.05) is 19.6 Å². The van der Waals surface area contributed by atoms with Crippen molar-refractivity contribution in [3.63, 3.8) is 0 Å². The number of nitrogens with zero attached hydrogens (tertiary/aromatic N) is 2. The SMILES string of the molecule is CCN=C(N)N1CCC(CC)CC1. The van der Waals surface area contributed by atoms with Crippen molar-refractivity contribution in [3.8, 4) is 0 Å². The van der Waals surface area contributed by atoms with Gasteiger partial charge < -0.3 is 10.6 Å². The third kappa shape index (κ3) is 2.90. The molecular weight excluding hydrogens is 162 g/mol. The van der Waals surface area contributed by atoms with E-state index in [2.05, 4.69) is 16.8 Å². The Morgan fingerprint density at radius 3 is 2.46 bits per heavy atom. The summed E-state index contributed by atoms with van der Waals surface area (Å²) in [5.74, 6) is 1.64. The lowest BCUT2D eigenvalue weighted by Crippen LogP contribution is -2.42. The molecule has 0 saturated carbocycles. The third-order valence-electron chi connectivity index (χ3n) is 2.84. The van der Waals surface area contributed by atoms with Crippen LogP contribution in [0, 0.1) is 5.92 Å². The van der Waals surface area contributed by atoms with Crippen molar-refractivity contribution in [2.45, 2.75) is 33.1 Å². The first kappa shape index (κ1) is 10.4. The number of nitrogens with two attached hydrogens (primary N) is 1. The molecule has 0 aromatic rings. The van der Waals surface area contributed by atoms with Gasteiger partial charge in [-0.15, -0.1) is 0 Å². The first-order valence-electron chi connectivity index (χ1n) is 5.32. The van der Waals surface area contributed by atoms with Crippen molar-refractivity contribution in [1.82, 2.24) is 4.90 Å². The van der Waals surface area contributed by atoms with E-state index in [0.29, 0.717) is 0 Å². The van der Waals surface area contributed by atoms with E-state index in [-0.39, 0.29) is 0 Å². The Kier molecular flexibility index (Phi) is 4.06. The molecule has 3 heteroatoms. The second-order valence-electron chi connectivity index (χ2n) is 3.67. The second-order valence-corrected chi connectivity index (χ2v) is 3.67. The van der Waals surface area contributed by atoms with E-state index in [4.69, 9.17) is 5.73 Å². The summed E-state index contributed by atoms with van der Waals surface area (Å²) in [6.45, 7) is 7.26.